The van der Waals surface area contributed by atoms with Gasteiger partial charge in [0.25, 0.3) is 0 Å². The molecule has 3 aromatic rings. The number of nitrogens with zero attached hydrogens (tertiary/aromatic N) is 6. The topological polar surface area (TPSA) is 162 Å². The minimum Gasteiger partial charge on any atom is -0.494 e. The first kappa shape index (κ1) is 31.4. The zero-order valence-corrected chi connectivity index (χ0v) is 24.7. The van der Waals surface area contributed by atoms with Gasteiger partial charge in [0.15, 0.2) is 11.7 Å². The molecule has 0 spiro atoms. The monoisotopic (exact) mass is 585 g/mol. The average Bonchev–Trinajstić information content (AvgIpc) is 3.35. The van der Waals surface area contributed by atoms with E-state index < -0.39 is 21.4 Å². The van der Waals surface area contributed by atoms with E-state index in [0.717, 1.165) is 11.1 Å². The number of aliphatic hydroxyl groups is 1. The van der Waals surface area contributed by atoms with E-state index in [4.69, 9.17) is 14.2 Å². The molecular formula is C27H35N7O6S. The molecule has 0 aliphatic rings. The summed E-state index contributed by atoms with van der Waals surface area (Å²) in [6, 6.07) is 7.00. The number of hydrogen-bond donors (Lipinski definition) is 2. The fourth-order valence-electron chi connectivity index (χ4n) is 3.86. The Morgan fingerprint density at radius 1 is 1.20 bits per heavy atom. The normalized spacial score (nSPS) is 13.3. The number of amidine groups is 1. The van der Waals surface area contributed by atoms with E-state index in [2.05, 4.69) is 36.6 Å². The van der Waals surface area contributed by atoms with Gasteiger partial charge in [-0.15, -0.1) is 10.2 Å². The Bertz CT molecular complexity index is 1510. The molecule has 0 aliphatic heterocycles. The summed E-state index contributed by atoms with van der Waals surface area (Å²) in [6.45, 7) is 10.0. The van der Waals surface area contributed by atoms with Crippen molar-refractivity contribution in [1.29, 1.82) is 0 Å². The molecule has 0 amide bonds. The van der Waals surface area contributed by atoms with Crippen molar-refractivity contribution in [2.45, 2.75) is 39.0 Å². The molecule has 0 unspecified atom stereocenters. The zero-order valence-electron chi connectivity index (χ0n) is 23.9. The van der Waals surface area contributed by atoms with E-state index in [9.17, 15) is 13.5 Å². The third-order valence-electron chi connectivity index (χ3n) is 5.83. The smallest absolute Gasteiger partial charge is 0.243 e. The molecule has 3 rings (SSSR count). The Hall–Kier alpha value is -4.14. The second kappa shape index (κ2) is 14.0. The number of hydrogen-bond acceptors (Lipinski definition) is 10. The standard InChI is InChI=1S/C27H35N7O6S/c1-17(2)14-30-25(28-5)24(40-12-11-35)19(4)41(36,37)33-27-32-31-26(20-13-18(3)15-29-16-20)34(27)23-21(38-6)9-8-10-22(23)39-7/h8-10,13-16,19,24,35H,5,11-12H2,1-4,6-7H3,(H,32,33)/b30-25-/t19-,24+/m0/s1. The molecule has 2 aromatic heterocycles. The minimum atomic E-state index is -4.25. The maximum absolute atomic E-state index is 13.8. The van der Waals surface area contributed by atoms with E-state index in [0.29, 0.717) is 28.6 Å². The zero-order chi connectivity index (χ0) is 30.2. The highest BCUT2D eigenvalue weighted by Crippen LogP contribution is 2.38. The van der Waals surface area contributed by atoms with Crippen LogP contribution >= 0.6 is 0 Å². The third kappa shape index (κ3) is 7.34. The number of aromatic nitrogens is 4. The summed E-state index contributed by atoms with van der Waals surface area (Å²) in [6.07, 6.45) is 3.65. The van der Waals surface area contributed by atoms with E-state index in [1.54, 1.807) is 30.6 Å². The van der Waals surface area contributed by atoms with Crippen LogP contribution in [-0.2, 0) is 14.8 Å². The Morgan fingerprint density at radius 2 is 1.88 bits per heavy atom. The second-order valence-corrected chi connectivity index (χ2v) is 11.2. The van der Waals surface area contributed by atoms with Gasteiger partial charge < -0.3 is 19.3 Å². The van der Waals surface area contributed by atoms with Crippen molar-refractivity contribution in [1.82, 2.24) is 19.7 Å². The highest BCUT2D eigenvalue weighted by atomic mass is 32.2. The number of aryl methyl sites for hydroxylation is 1. The van der Waals surface area contributed by atoms with Crippen LogP contribution in [0.5, 0.6) is 11.5 Å². The molecule has 0 aliphatic carbocycles. The van der Waals surface area contributed by atoms with Gasteiger partial charge in [-0.25, -0.2) is 18.4 Å². The lowest BCUT2D eigenvalue weighted by Crippen LogP contribution is -2.42. The van der Waals surface area contributed by atoms with E-state index in [1.807, 2.05) is 26.8 Å². The van der Waals surface area contributed by atoms with Crippen LogP contribution in [-0.4, -0.2) is 84.6 Å². The molecule has 13 nitrogen and oxygen atoms in total. The maximum atomic E-state index is 13.8. The number of anilines is 1. The van der Waals surface area contributed by atoms with Crippen LogP contribution in [0, 0.1) is 6.92 Å². The summed E-state index contributed by atoms with van der Waals surface area (Å²) < 4.78 is 48.6. The molecule has 2 atom stereocenters. The molecule has 0 radical (unpaired) electrons. The Morgan fingerprint density at radius 3 is 2.44 bits per heavy atom. The van der Waals surface area contributed by atoms with Gasteiger partial charge in [-0.3, -0.25) is 14.3 Å². The van der Waals surface area contributed by atoms with Crippen molar-refractivity contribution in [3.05, 3.63) is 54.0 Å². The van der Waals surface area contributed by atoms with Crippen molar-refractivity contribution in [3.8, 4) is 28.6 Å². The van der Waals surface area contributed by atoms with Crippen molar-refractivity contribution in [3.63, 3.8) is 0 Å². The van der Waals surface area contributed by atoms with Crippen molar-refractivity contribution >= 4 is 28.5 Å². The van der Waals surface area contributed by atoms with Gasteiger partial charge in [0.2, 0.25) is 16.0 Å². The van der Waals surface area contributed by atoms with Crippen LogP contribution in [0.25, 0.3) is 17.1 Å². The largest absolute Gasteiger partial charge is 0.494 e. The summed E-state index contributed by atoms with van der Waals surface area (Å²) in [5.41, 5.74) is 2.68. The first-order chi connectivity index (χ1) is 19.6. The number of pyridine rings is 1. The predicted molar refractivity (Wildman–Crippen MR) is 158 cm³/mol. The van der Waals surface area contributed by atoms with Crippen LogP contribution in [0.4, 0.5) is 5.95 Å². The fraction of sp³-hybridized carbons (Fsp3) is 0.370. The van der Waals surface area contributed by atoms with Crippen LogP contribution in [0.15, 0.2) is 58.4 Å². The van der Waals surface area contributed by atoms with Gasteiger partial charge >= 0.3 is 0 Å². The molecule has 2 N–H and O–H groups in total. The molecule has 14 heteroatoms. The molecule has 0 saturated carbocycles. The van der Waals surface area contributed by atoms with Gasteiger partial charge in [0.1, 0.15) is 28.5 Å². The van der Waals surface area contributed by atoms with E-state index in [1.165, 1.54) is 31.9 Å². The molecule has 2 heterocycles. The highest BCUT2D eigenvalue weighted by molar-refractivity contribution is 7.93. The lowest BCUT2D eigenvalue weighted by Gasteiger charge is -2.24. The van der Waals surface area contributed by atoms with Gasteiger partial charge in [-0.2, -0.15) is 0 Å². The number of methoxy groups -OCH3 is 2. The number of ether oxygens (including phenoxy) is 3. The number of para-hydroxylation sites is 1. The van der Waals surface area contributed by atoms with Gasteiger partial charge in [-0.05, 0) is 58.2 Å². The minimum absolute atomic E-state index is 0.0388. The molecular weight excluding hydrogens is 550 g/mol. The number of aliphatic imine (C=N–C) groups is 2. The van der Waals surface area contributed by atoms with E-state index >= 15 is 0 Å². The average molecular weight is 586 g/mol. The highest BCUT2D eigenvalue weighted by Gasteiger charge is 2.36. The first-order valence-corrected chi connectivity index (χ1v) is 14.1. The lowest BCUT2D eigenvalue weighted by molar-refractivity contribution is 0.0638. The van der Waals surface area contributed by atoms with E-state index in [-0.39, 0.29) is 25.0 Å². The summed E-state index contributed by atoms with van der Waals surface area (Å²) in [7, 11) is -1.28. The number of benzene rings is 1. The quantitative estimate of drug-likeness (QED) is 0.227. The fourth-order valence-corrected chi connectivity index (χ4v) is 4.96. The Kier molecular flexibility index (Phi) is 10.7. The first-order valence-electron chi connectivity index (χ1n) is 12.6. The van der Waals surface area contributed by atoms with Gasteiger partial charge in [0, 0.05) is 24.2 Å². The molecule has 1 aromatic carbocycles. The van der Waals surface area contributed by atoms with Crippen LogP contribution in [0.3, 0.4) is 0 Å². The lowest BCUT2D eigenvalue weighted by atomic mass is 10.2. The van der Waals surface area contributed by atoms with Crippen molar-refractivity contribution in [2.24, 2.45) is 9.98 Å². The van der Waals surface area contributed by atoms with Crippen LogP contribution < -0.4 is 14.2 Å². The SMILES string of the molecule is C=N/C(=N\C=C(C)C)[C@H](OCCO)[C@H](C)S(=O)(=O)Nc1nnc(-c2cncc(C)c2)n1-c1c(OC)cccc1OC. The van der Waals surface area contributed by atoms with Crippen LogP contribution in [0.2, 0.25) is 0 Å². The van der Waals surface area contributed by atoms with Crippen LogP contribution in [0.1, 0.15) is 26.3 Å². The number of sulfonamides is 1. The Balaban J connectivity index is 2.19. The molecule has 220 valence electrons. The molecule has 41 heavy (non-hydrogen) atoms. The molecule has 0 bridgehead atoms. The number of aliphatic hydroxyl groups excluding tert-OH is 1. The maximum Gasteiger partial charge on any atom is 0.243 e. The third-order valence-corrected chi connectivity index (χ3v) is 7.52. The molecule has 0 saturated heterocycles. The summed E-state index contributed by atoms with van der Waals surface area (Å²) in [5, 5.41) is 16.6. The summed E-state index contributed by atoms with van der Waals surface area (Å²) >= 11 is 0. The summed E-state index contributed by atoms with van der Waals surface area (Å²) in [4.78, 5) is 12.4. The van der Waals surface area contributed by atoms with Gasteiger partial charge in [0.05, 0.1) is 27.4 Å². The second-order valence-electron chi connectivity index (χ2n) is 9.16. The summed E-state index contributed by atoms with van der Waals surface area (Å²) in [5.74, 6) is 0.968. The van der Waals surface area contributed by atoms with Crippen molar-refractivity contribution < 1.29 is 27.7 Å². The van der Waals surface area contributed by atoms with Crippen molar-refractivity contribution in [2.75, 3.05) is 32.2 Å². The predicted octanol–water partition coefficient (Wildman–Crippen LogP) is 3.19. The molecule has 0 fully saturated rings. The number of allylic oxidation sites excluding steroid dienone is 1. The number of nitrogens with one attached hydrogen (secondary N) is 1. The van der Waals surface area contributed by atoms with Gasteiger partial charge in [-0.1, -0.05) is 11.6 Å². The number of rotatable bonds is 13. The Labute approximate surface area is 239 Å².